The maximum Gasteiger partial charge on any atom is 0.0725 e. The maximum absolute atomic E-state index is 5.91. The Morgan fingerprint density at radius 2 is 2.00 bits per heavy atom. The Morgan fingerprint density at radius 1 is 1.28 bits per heavy atom. The van der Waals surface area contributed by atoms with E-state index in [1.165, 1.54) is 0 Å². The molecule has 0 saturated carbocycles. The molecule has 2 aromatic rings. The number of hydrogen-bond donors (Lipinski definition) is 1. The van der Waals surface area contributed by atoms with Crippen molar-refractivity contribution in [3.63, 3.8) is 0 Å². The van der Waals surface area contributed by atoms with Gasteiger partial charge in [0.2, 0.25) is 0 Å². The van der Waals surface area contributed by atoms with Gasteiger partial charge in [-0.05, 0) is 31.9 Å². The van der Waals surface area contributed by atoms with Gasteiger partial charge in [-0.3, -0.25) is 4.98 Å². The van der Waals surface area contributed by atoms with E-state index >= 15 is 0 Å². The number of benzene rings is 1. The average Bonchev–Trinajstić information content (AvgIpc) is 2.37. The van der Waals surface area contributed by atoms with Crippen LogP contribution in [-0.4, -0.2) is 16.9 Å². The Bertz CT molecular complexity index is 539. The van der Waals surface area contributed by atoms with Crippen LogP contribution in [0.25, 0.3) is 10.9 Å². The van der Waals surface area contributed by atoms with Crippen molar-refractivity contribution in [1.82, 2.24) is 4.98 Å². The molecule has 3 heteroatoms. The molecule has 0 amide bonds. The summed E-state index contributed by atoms with van der Waals surface area (Å²) in [5.41, 5.74) is 3.20. The molecule has 0 fully saturated rings. The zero-order valence-corrected chi connectivity index (χ0v) is 11.8. The molecule has 18 heavy (non-hydrogen) atoms. The molecule has 2 nitrogen and oxygen atoms in total. The monoisotopic (exact) mass is 262 g/mol. The van der Waals surface area contributed by atoms with Crippen LogP contribution >= 0.6 is 11.6 Å². The van der Waals surface area contributed by atoms with Crippen molar-refractivity contribution < 1.29 is 0 Å². The van der Waals surface area contributed by atoms with Crippen molar-refractivity contribution in [3.8, 4) is 0 Å². The molecule has 0 saturated heterocycles. The number of nitrogens with one attached hydrogen (secondary N) is 1. The number of aromatic nitrogens is 1. The second-order valence-corrected chi connectivity index (χ2v) is 5.20. The quantitative estimate of drug-likeness (QED) is 0.835. The summed E-state index contributed by atoms with van der Waals surface area (Å²) in [7, 11) is 0. The summed E-state index contributed by atoms with van der Waals surface area (Å²) >= 11 is 5.91. The van der Waals surface area contributed by atoms with Gasteiger partial charge < -0.3 is 5.32 Å². The van der Waals surface area contributed by atoms with Crippen LogP contribution in [0.4, 0.5) is 5.69 Å². The van der Waals surface area contributed by atoms with Crippen molar-refractivity contribution in [3.05, 3.63) is 36.0 Å². The van der Waals surface area contributed by atoms with Gasteiger partial charge in [0.15, 0.2) is 0 Å². The van der Waals surface area contributed by atoms with Gasteiger partial charge in [0, 0.05) is 28.7 Å². The van der Waals surface area contributed by atoms with Crippen LogP contribution in [0, 0.1) is 12.8 Å². The fourth-order valence-corrected chi connectivity index (χ4v) is 2.22. The van der Waals surface area contributed by atoms with Gasteiger partial charge in [-0.15, -0.1) is 11.6 Å². The molecule has 1 heterocycles. The van der Waals surface area contributed by atoms with Gasteiger partial charge >= 0.3 is 0 Å². The Labute approximate surface area is 113 Å². The molecule has 2 rings (SSSR count). The molecule has 0 spiro atoms. The summed E-state index contributed by atoms with van der Waals surface area (Å²) in [4.78, 5) is 4.54. The van der Waals surface area contributed by atoms with Crippen molar-refractivity contribution in [2.45, 2.75) is 26.8 Å². The highest BCUT2D eigenvalue weighted by Gasteiger charge is 2.12. The summed E-state index contributed by atoms with van der Waals surface area (Å²) in [5.74, 6) is 1.09. The molecule has 1 aromatic heterocycles. The third kappa shape index (κ3) is 2.75. The van der Waals surface area contributed by atoms with Crippen molar-refractivity contribution in [2.75, 3.05) is 11.2 Å². The molecular weight excluding hydrogens is 244 g/mol. The highest BCUT2D eigenvalue weighted by molar-refractivity contribution is 6.18. The second kappa shape index (κ2) is 5.57. The standard InChI is InChI=1S/C15H19ClN2/c1-10(9-16)12(3)18-15-8-11(2)17-14-7-5-4-6-13(14)15/h4-8,10,12H,9H2,1-3H3,(H,17,18). The largest absolute Gasteiger partial charge is 0.382 e. The van der Waals surface area contributed by atoms with Crippen molar-refractivity contribution in [1.29, 1.82) is 0 Å². The fourth-order valence-electron chi connectivity index (χ4n) is 1.95. The summed E-state index contributed by atoms with van der Waals surface area (Å²) in [6.45, 7) is 6.34. The van der Waals surface area contributed by atoms with E-state index < -0.39 is 0 Å². The fraction of sp³-hybridized carbons (Fsp3) is 0.400. The minimum Gasteiger partial charge on any atom is -0.382 e. The molecule has 0 bridgehead atoms. The van der Waals surface area contributed by atoms with E-state index in [1.54, 1.807) is 0 Å². The Kier molecular flexibility index (Phi) is 4.07. The number of aryl methyl sites for hydroxylation is 1. The van der Waals surface area contributed by atoms with E-state index in [4.69, 9.17) is 11.6 Å². The summed E-state index contributed by atoms with van der Waals surface area (Å²) in [6, 6.07) is 10.6. The molecule has 0 aliphatic rings. The lowest BCUT2D eigenvalue weighted by molar-refractivity contribution is 0.566. The zero-order chi connectivity index (χ0) is 13.1. The normalized spacial score (nSPS) is 14.4. The molecule has 2 atom stereocenters. The van der Waals surface area contributed by atoms with Crippen LogP contribution in [0.5, 0.6) is 0 Å². The van der Waals surface area contributed by atoms with Gasteiger partial charge in [-0.1, -0.05) is 25.1 Å². The first-order valence-corrected chi connectivity index (χ1v) is 6.84. The first kappa shape index (κ1) is 13.2. The molecule has 2 unspecified atom stereocenters. The van der Waals surface area contributed by atoms with E-state index in [0.29, 0.717) is 17.8 Å². The first-order valence-electron chi connectivity index (χ1n) is 6.30. The number of alkyl halides is 1. The SMILES string of the molecule is Cc1cc(NC(C)C(C)CCl)c2ccccc2n1. The summed E-state index contributed by atoms with van der Waals surface area (Å²) < 4.78 is 0. The van der Waals surface area contributed by atoms with E-state index in [-0.39, 0.29) is 0 Å². The summed E-state index contributed by atoms with van der Waals surface area (Å²) in [6.07, 6.45) is 0. The predicted octanol–water partition coefficient (Wildman–Crippen LogP) is 4.22. The minimum absolute atomic E-state index is 0.340. The topological polar surface area (TPSA) is 24.9 Å². The van der Waals surface area contributed by atoms with Crippen LogP contribution in [0.2, 0.25) is 0 Å². The van der Waals surface area contributed by atoms with Crippen LogP contribution in [-0.2, 0) is 0 Å². The van der Waals surface area contributed by atoms with Gasteiger partial charge in [0.25, 0.3) is 0 Å². The van der Waals surface area contributed by atoms with E-state index in [0.717, 1.165) is 22.3 Å². The Morgan fingerprint density at radius 3 is 2.72 bits per heavy atom. The highest BCUT2D eigenvalue weighted by Crippen LogP contribution is 2.24. The number of rotatable bonds is 4. The number of nitrogens with zero attached hydrogens (tertiary/aromatic N) is 1. The average molecular weight is 263 g/mol. The van der Waals surface area contributed by atoms with Crippen LogP contribution in [0.3, 0.4) is 0 Å². The highest BCUT2D eigenvalue weighted by atomic mass is 35.5. The number of hydrogen-bond acceptors (Lipinski definition) is 2. The Balaban J connectivity index is 2.38. The first-order chi connectivity index (χ1) is 8.61. The molecule has 96 valence electrons. The number of anilines is 1. The number of para-hydroxylation sites is 1. The van der Waals surface area contributed by atoms with Crippen molar-refractivity contribution >= 4 is 28.2 Å². The second-order valence-electron chi connectivity index (χ2n) is 4.89. The van der Waals surface area contributed by atoms with Gasteiger partial charge in [0.05, 0.1) is 5.52 Å². The van der Waals surface area contributed by atoms with E-state index in [2.05, 4.69) is 36.3 Å². The molecule has 0 aliphatic heterocycles. The molecule has 1 N–H and O–H groups in total. The lowest BCUT2D eigenvalue weighted by Gasteiger charge is -2.21. The third-order valence-electron chi connectivity index (χ3n) is 3.32. The number of fused-ring (bicyclic) bond motifs is 1. The summed E-state index contributed by atoms with van der Waals surface area (Å²) in [5, 5.41) is 4.72. The van der Waals surface area contributed by atoms with E-state index in [1.807, 2.05) is 25.1 Å². The van der Waals surface area contributed by atoms with E-state index in [9.17, 15) is 0 Å². The van der Waals surface area contributed by atoms with Gasteiger partial charge in [-0.25, -0.2) is 0 Å². The van der Waals surface area contributed by atoms with Crippen LogP contribution in [0.15, 0.2) is 30.3 Å². The number of pyridine rings is 1. The number of halogens is 1. The van der Waals surface area contributed by atoms with Gasteiger partial charge in [-0.2, -0.15) is 0 Å². The Hall–Kier alpha value is -1.28. The van der Waals surface area contributed by atoms with Gasteiger partial charge in [0.1, 0.15) is 0 Å². The smallest absolute Gasteiger partial charge is 0.0725 e. The van der Waals surface area contributed by atoms with Crippen molar-refractivity contribution in [2.24, 2.45) is 5.92 Å². The third-order valence-corrected chi connectivity index (χ3v) is 3.81. The molecular formula is C15H19ClN2. The molecule has 0 aliphatic carbocycles. The molecule has 0 radical (unpaired) electrons. The zero-order valence-electron chi connectivity index (χ0n) is 11.1. The van der Waals surface area contributed by atoms with Crippen LogP contribution < -0.4 is 5.32 Å². The predicted molar refractivity (Wildman–Crippen MR) is 79.4 cm³/mol. The molecule has 1 aromatic carbocycles. The lowest BCUT2D eigenvalue weighted by atomic mass is 10.0. The maximum atomic E-state index is 5.91. The lowest BCUT2D eigenvalue weighted by Crippen LogP contribution is -2.25. The van der Waals surface area contributed by atoms with Crippen LogP contribution in [0.1, 0.15) is 19.5 Å². The minimum atomic E-state index is 0.340.